The Morgan fingerprint density at radius 1 is 1.25 bits per heavy atom. The van der Waals surface area contributed by atoms with Crippen LogP contribution in [-0.2, 0) is 0 Å². The van der Waals surface area contributed by atoms with E-state index in [9.17, 15) is 0 Å². The zero-order chi connectivity index (χ0) is 12.1. The fourth-order valence-electron chi connectivity index (χ4n) is 1.17. The predicted octanol–water partition coefficient (Wildman–Crippen LogP) is 5.31. The van der Waals surface area contributed by atoms with E-state index >= 15 is 0 Å². The summed E-state index contributed by atoms with van der Waals surface area (Å²) >= 11 is 14.7. The van der Waals surface area contributed by atoms with Crippen molar-refractivity contribution in [1.29, 1.82) is 0 Å². The maximum Gasteiger partial charge on any atom is 0.147 e. The van der Waals surface area contributed by atoms with Crippen LogP contribution in [0.3, 0.4) is 0 Å². The molecule has 0 aliphatic rings. The number of hydrogen-bond acceptors (Lipinski definition) is 2. The lowest BCUT2D eigenvalue weighted by atomic mass is 10.1. The summed E-state index contributed by atoms with van der Waals surface area (Å²) in [5, 5.41) is 0. The zero-order valence-corrected chi connectivity index (χ0v) is 14.5. The standard InChI is InChI=1S/C11H13Br3OS/c1-2-7(6-16)5-15-11-9(13)3-8(12)4-10(11)14/h3-4,7,16H,2,5-6H2,1H3. The number of thiol groups is 1. The smallest absolute Gasteiger partial charge is 0.147 e. The average molecular weight is 433 g/mol. The van der Waals surface area contributed by atoms with Gasteiger partial charge in [0.1, 0.15) is 5.75 Å². The quantitative estimate of drug-likeness (QED) is 0.620. The summed E-state index contributed by atoms with van der Waals surface area (Å²) < 4.78 is 8.71. The van der Waals surface area contributed by atoms with Crippen molar-refractivity contribution in [2.75, 3.05) is 12.4 Å². The van der Waals surface area contributed by atoms with E-state index in [-0.39, 0.29) is 0 Å². The third-order valence-electron chi connectivity index (χ3n) is 2.26. The van der Waals surface area contributed by atoms with E-state index in [1.54, 1.807) is 0 Å². The van der Waals surface area contributed by atoms with Gasteiger partial charge in [-0.2, -0.15) is 12.6 Å². The van der Waals surface area contributed by atoms with Gasteiger partial charge < -0.3 is 4.74 Å². The Hall–Kier alpha value is 0.810. The van der Waals surface area contributed by atoms with Crippen LogP contribution in [0.15, 0.2) is 25.6 Å². The highest BCUT2D eigenvalue weighted by molar-refractivity contribution is 9.11. The van der Waals surface area contributed by atoms with Crippen LogP contribution in [0.5, 0.6) is 5.75 Å². The predicted molar refractivity (Wildman–Crippen MR) is 82.7 cm³/mol. The van der Waals surface area contributed by atoms with Crippen LogP contribution >= 0.6 is 60.4 Å². The van der Waals surface area contributed by atoms with Crippen molar-refractivity contribution < 1.29 is 4.74 Å². The third kappa shape index (κ3) is 4.24. The van der Waals surface area contributed by atoms with Crippen molar-refractivity contribution >= 4 is 60.4 Å². The van der Waals surface area contributed by atoms with Gasteiger partial charge in [-0.05, 0) is 56.2 Å². The van der Waals surface area contributed by atoms with Crippen molar-refractivity contribution in [1.82, 2.24) is 0 Å². The van der Waals surface area contributed by atoms with E-state index in [0.717, 1.165) is 31.3 Å². The number of hydrogen-bond donors (Lipinski definition) is 1. The van der Waals surface area contributed by atoms with Crippen molar-refractivity contribution in [3.05, 3.63) is 25.6 Å². The topological polar surface area (TPSA) is 9.23 Å². The van der Waals surface area contributed by atoms with Gasteiger partial charge in [-0.15, -0.1) is 0 Å². The van der Waals surface area contributed by atoms with Crippen LogP contribution in [0.4, 0.5) is 0 Å². The number of rotatable bonds is 5. The monoisotopic (exact) mass is 430 g/mol. The van der Waals surface area contributed by atoms with Gasteiger partial charge in [0.25, 0.3) is 0 Å². The van der Waals surface area contributed by atoms with Crippen molar-refractivity contribution in [3.63, 3.8) is 0 Å². The second kappa shape index (κ2) is 7.29. The fraction of sp³-hybridized carbons (Fsp3) is 0.455. The molecule has 1 nitrogen and oxygen atoms in total. The molecular weight excluding hydrogens is 420 g/mol. The van der Waals surface area contributed by atoms with Gasteiger partial charge in [-0.25, -0.2) is 0 Å². The molecule has 1 rings (SSSR count). The minimum atomic E-state index is 0.491. The van der Waals surface area contributed by atoms with Gasteiger partial charge in [-0.1, -0.05) is 22.9 Å². The maximum atomic E-state index is 5.80. The largest absolute Gasteiger partial charge is 0.491 e. The Morgan fingerprint density at radius 2 is 1.81 bits per heavy atom. The van der Waals surface area contributed by atoms with Crippen molar-refractivity contribution in [3.8, 4) is 5.75 Å². The van der Waals surface area contributed by atoms with E-state index in [1.165, 1.54) is 0 Å². The number of halogens is 3. The van der Waals surface area contributed by atoms with Gasteiger partial charge in [0.2, 0.25) is 0 Å². The molecule has 0 radical (unpaired) electrons. The Morgan fingerprint density at radius 3 is 2.25 bits per heavy atom. The molecule has 0 aliphatic heterocycles. The normalized spacial score (nSPS) is 12.6. The molecule has 0 fully saturated rings. The molecule has 5 heteroatoms. The van der Waals surface area contributed by atoms with E-state index in [4.69, 9.17) is 4.74 Å². The lowest BCUT2D eigenvalue weighted by Gasteiger charge is -2.15. The van der Waals surface area contributed by atoms with Crippen LogP contribution in [-0.4, -0.2) is 12.4 Å². The molecule has 0 spiro atoms. The Labute approximate surface area is 127 Å². The molecule has 0 bridgehead atoms. The van der Waals surface area contributed by atoms with Crippen LogP contribution in [0.1, 0.15) is 13.3 Å². The Bertz CT molecular complexity index is 330. The molecule has 0 heterocycles. The first-order valence-electron chi connectivity index (χ1n) is 4.96. The minimum absolute atomic E-state index is 0.491. The SMILES string of the molecule is CCC(CS)COc1c(Br)cc(Br)cc1Br. The molecule has 1 aromatic rings. The molecule has 0 saturated carbocycles. The molecule has 1 aromatic carbocycles. The molecular formula is C11H13Br3OS. The highest BCUT2D eigenvalue weighted by Crippen LogP contribution is 2.36. The molecule has 1 atom stereocenters. The van der Waals surface area contributed by atoms with E-state index < -0.39 is 0 Å². The minimum Gasteiger partial charge on any atom is -0.491 e. The van der Waals surface area contributed by atoms with Gasteiger partial charge in [0.15, 0.2) is 0 Å². The van der Waals surface area contributed by atoms with Crippen LogP contribution in [0, 0.1) is 5.92 Å². The van der Waals surface area contributed by atoms with Gasteiger partial charge in [-0.3, -0.25) is 0 Å². The first-order valence-corrected chi connectivity index (χ1v) is 7.97. The molecule has 1 unspecified atom stereocenters. The van der Waals surface area contributed by atoms with Crippen LogP contribution in [0.2, 0.25) is 0 Å². The van der Waals surface area contributed by atoms with E-state index in [1.807, 2.05) is 12.1 Å². The molecule has 0 aliphatic carbocycles. The highest BCUT2D eigenvalue weighted by Gasteiger charge is 2.11. The maximum absolute atomic E-state index is 5.80. The highest BCUT2D eigenvalue weighted by atomic mass is 79.9. The van der Waals surface area contributed by atoms with Crippen LogP contribution < -0.4 is 4.74 Å². The van der Waals surface area contributed by atoms with Gasteiger partial charge >= 0.3 is 0 Å². The van der Waals surface area contributed by atoms with E-state index in [2.05, 4.69) is 67.3 Å². The third-order valence-corrected chi connectivity index (χ3v) is 4.41. The average Bonchev–Trinajstić information content (AvgIpc) is 2.22. The fourth-order valence-corrected chi connectivity index (χ4v) is 4.02. The molecule has 0 N–H and O–H groups in total. The molecule has 16 heavy (non-hydrogen) atoms. The number of ether oxygens (including phenoxy) is 1. The first-order chi connectivity index (χ1) is 7.58. The summed E-state index contributed by atoms with van der Waals surface area (Å²) in [7, 11) is 0. The summed E-state index contributed by atoms with van der Waals surface area (Å²) in [5.74, 6) is 2.19. The van der Waals surface area contributed by atoms with Crippen molar-refractivity contribution in [2.24, 2.45) is 5.92 Å². The molecule has 90 valence electrons. The molecule has 0 amide bonds. The summed E-state index contributed by atoms with van der Waals surface area (Å²) in [6.07, 6.45) is 1.08. The van der Waals surface area contributed by atoms with Crippen molar-refractivity contribution in [2.45, 2.75) is 13.3 Å². The zero-order valence-electron chi connectivity index (χ0n) is 8.84. The van der Waals surface area contributed by atoms with E-state index in [0.29, 0.717) is 12.5 Å². The Kier molecular flexibility index (Phi) is 6.77. The van der Waals surface area contributed by atoms with Gasteiger partial charge in [0.05, 0.1) is 15.6 Å². The van der Waals surface area contributed by atoms with Crippen LogP contribution in [0.25, 0.3) is 0 Å². The first kappa shape index (κ1) is 14.9. The second-order valence-electron chi connectivity index (χ2n) is 3.47. The number of benzene rings is 1. The summed E-state index contributed by atoms with van der Waals surface area (Å²) in [5.41, 5.74) is 0. The Balaban J connectivity index is 2.74. The summed E-state index contributed by atoms with van der Waals surface area (Å²) in [4.78, 5) is 0. The van der Waals surface area contributed by atoms with Gasteiger partial charge in [0, 0.05) is 10.4 Å². The molecule has 0 aromatic heterocycles. The second-order valence-corrected chi connectivity index (χ2v) is 6.46. The lowest BCUT2D eigenvalue weighted by molar-refractivity contribution is 0.256. The molecule has 0 saturated heterocycles. The lowest BCUT2D eigenvalue weighted by Crippen LogP contribution is -2.13. The summed E-state index contributed by atoms with van der Waals surface area (Å²) in [6.45, 7) is 2.84. The summed E-state index contributed by atoms with van der Waals surface area (Å²) in [6, 6.07) is 3.95.